The molecular weight excluding hydrogens is 384 g/mol. The standard InChI is InChI=1S/C21H26N6O3.3H2/c1-14-12-27(8-9-30-14)20-16-11-22-19(10-17(16)25-26-20)24-21(28)23-18(13-29-2)15-6-4-3-5-7-15;;;/h3-7,10-11,14,18H,8-9,12-13H2,1-2H3,(H,25,26)(H2,22,23,24,28);3*1H/t14-,18+;;;/m0.../s1. The molecule has 0 spiro atoms. The van der Waals surface area contributed by atoms with E-state index in [-0.39, 0.29) is 22.5 Å². The first-order valence-electron chi connectivity index (χ1n) is 9.96. The van der Waals surface area contributed by atoms with E-state index >= 15 is 0 Å². The molecule has 30 heavy (non-hydrogen) atoms. The molecule has 3 N–H and O–H groups in total. The van der Waals surface area contributed by atoms with Gasteiger partial charge in [-0.2, -0.15) is 5.10 Å². The van der Waals surface area contributed by atoms with Crippen LogP contribution in [-0.4, -0.2) is 60.7 Å². The fraction of sp³-hybridized carbons (Fsp3) is 0.381. The highest BCUT2D eigenvalue weighted by Crippen LogP contribution is 2.26. The molecule has 9 nitrogen and oxygen atoms in total. The lowest BCUT2D eigenvalue weighted by Gasteiger charge is -2.31. The zero-order chi connectivity index (χ0) is 20.9. The highest BCUT2D eigenvalue weighted by atomic mass is 16.5. The van der Waals surface area contributed by atoms with Gasteiger partial charge in [0, 0.05) is 36.7 Å². The lowest BCUT2D eigenvalue weighted by Crippen LogP contribution is -2.41. The van der Waals surface area contributed by atoms with Gasteiger partial charge in [-0.3, -0.25) is 10.4 Å². The van der Waals surface area contributed by atoms with Crippen molar-refractivity contribution in [2.45, 2.75) is 19.1 Å². The first-order valence-corrected chi connectivity index (χ1v) is 9.96. The molecule has 3 aromatic rings. The number of hydrogen-bond acceptors (Lipinski definition) is 6. The summed E-state index contributed by atoms with van der Waals surface area (Å²) in [4.78, 5) is 19.1. The van der Waals surface area contributed by atoms with E-state index in [0.717, 1.165) is 35.4 Å². The van der Waals surface area contributed by atoms with Crippen molar-refractivity contribution in [1.82, 2.24) is 20.5 Å². The van der Waals surface area contributed by atoms with Crippen molar-refractivity contribution in [3.8, 4) is 0 Å². The molecule has 2 amide bonds. The molecular formula is C21H32N6O3. The number of amides is 2. The summed E-state index contributed by atoms with van der Waals surface area (Å²) in [7, 11) is 1.61. The summed E-state index contributed by atoms with van der Waals surface area (Å²) in [6.07, 6.45) is 1.89. The molecule has 2 aromatic heterocycles. The molecule has 0 aliphatic carbocycles. The largest absolute Gasteiger partial charge is 0.382 e. The molecule has 0 saturated carbocycles. The van der Waals surface area contributed by atoms with Crippen molar-refractivity contribution < 1.29 is 18.5 Å². The van der Waals surface area contributed by atoms with Crippen molar-refractivity contribution in [2.75, 3.05) is 43.6 Å². The molecule has 4 rings (SSSR count). The molecule has 9 heteroatoms. The molecule has 1 saturated heterocycles. The Morgan fingerprint density at radius 1 is 1.43 bits per heavy atom. The van der Waals surface area contributed by atoms with Crippen LogP contribution in [0.3, 0.4) is 0 Å². The molecule has 0 radical (unpaired) electrons. The van der Waals surface area contributed by atoms with Crippen molar-refractivity contribution >= 4 is 28.6 Å². The molecule has 164 valence electrons. The Balaban J connectivity index is 0.00000181. The fourth-order valence-corrected chi connectivity index (χ4v) is 3.60. The summed E-state index contributed by atoms with van der Waals surface area (Å²) in [6, 6.07) is 10.9. The van der Waals surface area contributed by atoms with E-state index in [1.165, 1.54) is 0 Å². The van der Waals surface area contributed by atoms with Gasteiger partial charge in [0.25, 0.3) is 0 Å². The number of benzene rings is 1. The van der Waals surface area contributed by atoms with E-state index < -0.39 is 0 Å². The third kappa shape index (κ3) is 4.52. The van der Waals surface area contributed by atoms with Gasteiger partial charge in [0.2, 0.25) is 0 Å². The van der Waals surface area contributed by atoms with Crippen LogP contribution in [0.15, 0.2) is 42.6 Å². The maximum atomic E-state index is 12.5. The minimum Gasteiger partial charge on any atom is -0.382 e. The number of pyridine rings is 1. The normalized spacial score (nSPS) is 17.7. The van der Waals surface area contributed by atoms with Gasteiger partial charge in [-0.25, -0.2) is 9.78 Å². The maximum absolute atomic E-state index is 12.5. The Bertz CT molecular complexity index is 1010. The number of morpholine rings is 1. The monoisotopic (exact) mass is 416 g/mol. The summed E-state index contributed by atoms with van der Waals surface area (Å²) < 4.78 is 10.9. The summed E-state index contributed by atoms with van der Waals surface area (Å²) in [5.41, 5.74) is 1.78. The third-order valence-corrected chi connectivity index (χ3v) is 5.05. The van der Waals surface area contributed by atoms with Gasteiger partial charge in [-0.1, -0.05) is 30.3 Å². The van der Waals surface area contributed by atoms with Gasteiger partial charge in [0.1, 0.15) is 5.82 Å². The number of aromatic nitrogens is 3. The summed E-state index contributed by atoms with van der Waals surface area (Å²) in [5, 5.41) is 14.1. The van der Waals surface area contributed by atoms with E-state index in [4.69, 9.17) is 9.47 Å². The quantitative estimate of drug-likeness (QED) is 0.569. The van der Waals surface area contributed by atoms with Crippen molar-refractivity contribution in [3.63, 3.8) is 0 Å². The van der Waals surface area contributed by atoms with E-state index in [0.29, 0.717) is 19.0 Å². The molecule has 1 aliphatic heterocycles. The smallest absolute Gasteiger partial charge is 0.320 e. The number of urea groups is 1. The lowest BCUT2D eigenvalue weighted by atomic mass is 10.1. The van der Waals surface area contributed by atoms with Crippen LogP contribution in [0.25, 0.3) is 10.9 Å². The summed E-state index contributed by atoms with van der Waals surface area (Å²) in [5.74, 6) is 1.29. The minimum atomic E-state index is -0.352. The van der Waals surface area contributed by atoms with Crippen molar-refractivity contribution in [3.05, 3.63) is 48.2 Å². The number of hydrogen-bond donors (Lipinski definition) is 3. The van der Waals surface area contributed by atoms with Crippen LogP contribution in [0, 0.1) is 0 Å². The zero-order valence-electron chi connectivity index (χ0n) is 17.1. The van der Waals surface area contributed by atoms with Gasteiger partial charge < -0.3 is 19.7 Å². The average Bonchev–Trinajstić information content (AvgIpc) is 3.17. The topological polar surface area (TPSA) is 104 Å². The zero-order valence-corrected chi connectivity index (χ0v) is 17.1. The molecule has 1 fully saturated rings. The number of rotatable bonds is 6. The number of carbonyl (C=O) groups excluding carboxylic acids is 1. The number of fused-ring (bicyclic) bond motifs is 1. The average molecular weight is 417 g/mol. The number of anilines is 2. The SMILES string of the molecule is COC[C@@H](NC(=O)Nc1cc2[nH]nc(N3CCO[C@@H](C)C3)c2cn1)c1ccccc1.[HH].[HH].[HH]. The Kier molecular flexibility index (Phi) is 6.10. The maximum Gasteiger partial charge on any atom is 0.320 e. The van der Waals surface area contributed by atoms with E-state index in [2.05, 4.69) is 30.7 Å². The molecule has 3 heterocycles. The van der Waals surface area contributed by atoms with Gasteiger partial charge in [-0.05, 0) is 12.5 Å². The number of carbonyl (C=O) groups is 1. The summed E-state index contributed by atoms with van der Waals surface area (Å²) >= 11 is 0. The Morgan fingerprint density at radius 2 is 2.27 bits per heavy atom. The van der Waals surface area contributed by atoms with E-state index in [9.17, 15) is 4.79 Å². The highest BCUT2D eigenvalue weighted by molar-refractivity contribution is 5.94. The van der Waals surface area contributed by atoms with Gasteiger partial charge >= 0.3 is 6.03 Å². The first-order chi connectivity index (χ1) is 14.6. The lowest BCUT2D eigenvalue weighted by molar-refractivity contribution is 0.0530. The van der Waals surface area contributed by atoms with Crippen molar-refractivity contribution in [1.29, 1.82) is 0 Å². The van der Waals surface area contributed by atoms with E-state index in [1.54, 1.807) is 19.4 Å². The Morgan fingerprint density at radius 3 is 3.03 bits per heavy atom. The first kappa shape index (κ1) is 20.1. The second kappa shape index (κ2) is 9.10. The van der Waals surface area contributed by atoms with Crippen LogP contribution in [0.5, 0.6) is 0 Å². The second-order valence-corrected chi connectivity index (χ2v) is 7.31. The highest BCUT2D eigenvalue weighted by Gasteiger charge is 2.21. The molecule has 0 bridgehead atoms. The van der Waals surface area contributed by atoms with Gasteiger partial charge in [0.15, 0.2) is 5.82 Å². The van der Waals surface area contributed by atoms with Gasteiger partial charge in [0.05, 0.1) is 36.3 Å². The number of ether oxygens (including phenoxy) is 2. The molecule has 1 aliphatic rings. The van der Waals surface area contributed by atoms with Crippen LogP contribution in [0.1, 0.15) is 22.8 Å². The predicted molar refractivity (Wildman–Crippen MR) is 121 cm³/mol. The molecule has 0 unspecified atom stereocenters. The van der Waals surface area contributed by atoms with Crippen LogP contribution >= 0.6 is 0 Å². The van der Waals surface area contributed by atoms with Crippen LogP contribution < -0.4 is 15.5 Å². The second-order valence-electron chi connectivity index (χ2n) is 7.31. The molecule has 1 aromatic carbocycles. The number of aromatic amines is 1. The predicted octanol–water partition coefficient (Wildman–Crippen LogP) is 3.43. The number of nitrogens with one attached hydrogen (secondary N) is 3. The third-order valence-electron chi connectivity index (χ3n) is 5.05. The minimum absolute atomic E-state index is 0. The molecule has 2 atom stereocenters. The number of methoxy groups -OCH3 is 1. The number of H-pyrrole nitrogens is 1. The Hall–Kier alpha value is -3.17. The van der Waals surface area contributed by atoms with Crippen LogP contribution in [0.4, 0.5) is 16.4 Å². The van der Waals surface area contributed by atoms with Crippen molar-refractivity contribution in [2.24, 2.45) is 0 Å². The summed E-state index contributed by atoms with van der Waals surface area (Å²) in [6.45, 7) is 4.65. The Labute approximate surface area is 179 Å². The van der Waals surface area contributed by atoms with Crippen LogP contribution in [-0.2, 0) is 9.47 Å². The van der Waals surface area contributed by atoms with Gasteiger partial charge in [-0.15, -0.1) is 0 Å². The fourth-order valence-electron chi connectivity index (χ4n) is 3.60. The van der Waals surface area contributed by atoms with Crippen LogP contribution in [0.2, 0.25) is 0 Å². The number of nitrogens with zero attached hydrogens (tertiary/aromatic N) is 3. The van der Waals surface area contributed by atoms with E-state index in [1.807, 2.05) is 37.3 Å².